The number of likely N-dealkylation sites (tertiary alicyclic amines) is 1. The van der Waals surface area contributed by atoms with Crippen LogP contribution in [0.15, 0.2) is 54.6 Å². The van der Waals surface area contributed by atoms with E-state index in [1.165, 1.54) is 11.1 Å². The Hall–Kier alpha value is -2.82. The minimum atomic E-state index is -0.523. The lowest BCUT2D eigenvalue weighted by Crippen LogP contribution is -2.53. The van der Waals surface area contributed by atoms with Gasteiger partial charge in [0, 0.05) is 32.6 Å². The van der Waals surface area contributed by atoms with Crippen LogP contribution in [0.4, 0.5) is 4.79 Å². The van der Waals surface area contributed by atoms with Gasteiger partial charge in [0.05, 0.1) is 0 Å². The van der Waals surface area contributed by atoms with Gasteiger partial charge in [0.15, 0.2) is 0 Å². The van der Waals surface area contributed by atoms with E-state index in [4.69, 9.17) is 0 Å². The average Bonchev–Trinajstić information content (AvgIpc) is 3.28. The number of nitrogens with zero attached hydrogens (tertiary/aromatic N) is 2. The summed E-state index contributed by atoms with van der Waals surface area (Å²) in [4.78, 5) is 29.7. The van der Waals surface area contributed by atoms with E-state index in [1.807, 2.05) is 52.3 Å². The third-order valence-corrected chi connectivity index (χ3v) is 5.71. The molecule has 0 spiro atoms. The number of hydrogen-bond donors (Lipinski definition) is 1. The second-order valence-electron chi connectivity index (χ2n) is 7.66. The third-order valence-electron chi connectivity index (χ3n) is 5.71. The lowest BCUT2D eigenvalue weighted by Gasteiger charge is -2.31. The summed E-state index contributed by atoms with van der Waals surface area (Å²) in [5, 5.41) is 3.04. The molecule has 2 aromatic rings. The molecule has 2 aliphatic rings. The Balaban J connectivity index is 1.47. The Morgan fingerprint density at radius 1 is 0.857 bits per heavy atom. The van der Waals surface area contributed by atoms with Crippen LogP contribution in [0.3, 0.4) is 0 Å². The number of fused-ring (bicyclic) bond motifs is 1. The Morgan fingerprint density at radius 2 is 1.54 bits per heavy atom. The molecular formula is C23H27N3O2. The number of benzene rings is 2. The molecular weight excluding hydrogens is 350 g/mol. The summed E-state index contributed by atoms with van der Waals surface area (Å²) < 4.78 is 0. The minimum absolute atomic E-state index is 0.0344. The van der Waals surface area contributed by atoms with Gasteiger partial charge in [-0.3, -0.25) is 4.79 Å². The van der Waals surface area contributed by atoms with Crippen LogP contribution < -0.4 is 5.32 Å². The zero-order valence-electron chi connectivity index (χ0n) is 16.1. The molecule has 1 fully saturated rings. The molecule has 2 aliphatic heterocycles. The van der Waals surface area contributed by atoms with Crippen LogP contribution >= 0.6 is 0 Å². The standard InChI is InChI=1S/C23H27N3O2/c27-22(25-13-6-7-14-25)21(16-18-8-2-1-3-9-18)24-23(28)26-15-12-19-10-4-5-11-20(19)17-26/h1-5,8-11,21H,6-7,12-17H2,(H,24,28)/t21-/m1/s1. The van der Waals surface area contributed by atoms with Crippen LogP contribution in [0, 0.1) is 0 Å². The Labute approximate surface area is 166 Å². The van der Waals surface area contributed by atoms with Crippen LogP contribution in [0.25, 0.3) is 0 Å². The Bertz CT molecular complexity index is 831. The van der Waals surface area contributed by atoms with E-state index in [0.717, 1.165) is 37.9 Å². The van der Waals surface area contributed by atoms with Gasteiger partial charge in [0.2, 0.25) is 5.91 Å². The number of amides is 3. The summed E-state index contributed by atoms with van der Waals surface area (Å²) in [6.07, 6.45) is 3.46. The molecule has 0 saturated carbocycles. The van der Waals surface area contributed by atoms with Gasteiger partial charge in [-0.2, -0.15) is 0 Å². The maximum atomic E-state index is 13.1. The number of hydrogen-bond acceptors (Lipinski definition) is 2. The van der Waals surface area contributed by atoms with Crippen molar-refractivity contribution in [2.45, 2.75) is 38.3 Å². The zero-order chi connectivity index (χ0) is 19.3. The van der Waals surface area contributed by atoms with Gasteiger partial charge in [-0.15, -0.1) is 0 Å². The van der Waals surface area contributed by atoms with Crippen molar-refractivity contribution in [2.75, 3.05) is 19.6 Å². The largest absolute Gasteiger partial charge is 0.341 e. The molecule has 146 valence electrons. The van der Waals surface area contributed by atoms with Crippen molar-refractivity contribution in [1.29, 1.82) is 0 Å². The second-order valence-corrected chi connectivity index (χ2v) is 7.66. The number of urea groups is 1. The molecule has 0 aromatic heterocycles. The number of rotatable bonds is 4. The maximum absolute atomic E-state index is 13.1. The predicted molar refractivity (Wildman–Crippen MR) is 109 cm³/mol. The van der Waals surface area contributed by atoms with E-state index in [-0.39, 0.29) is 11.9 Å². The van der Waals surface area contributed by atoms with Gasteiger partial charge in [0.25, 0.3) is 0 Å². The van der Waals surface area contributed by atoms with Gasteiger partial charge in [-0.1, -0.05) is 54.6 Å². The first kappa shape index (κ1) is 18.5. The monoisotopic (exact) mass is 377 g/mol. The summed E-state index contributed by atoms with van der Waals surface area (Å²) in [6, 6.07) is 17.5. The summed E-state index contributed by atoms with van der Waals surface area (Å²) in [5.74, 6) is 0.0344. The van der Waals surface area contributed by atoms with Gasteiger partial charge < -0.3 is 15.1 Å². The summed E-state index contributed by atoms with van der Waals surface area (Å²) in [6.45, 7) is 2.85. The van der Waals surface area contributed by atoms with Crippen molar-refractivity contribution >= 4 is 11.9 Å². The number of carbonyl (C=O) groups excluding carboxylic acids is 2. The molecule has 2 heterocycles. The summed E-state index contributed by atoms with van der Waals surface area (Å²) >= 11 is 0. The first-order valence-corrected chi connectivity index (χ1v) is 10.2. The molecule has 3 amide bonds. The highest BCUT2D eigenvalue weighted by Gasteiger charge is 2.30. The van der Waals surface area contributed by atoms with E-state index in [9.17, 15) is 9.59 Å². The van der Waals surface area contributed by atoms with Crippen LogP contribution in [0.1, 0.15) is 29.5 Å². The molecule has 0 radical (unpaired) electrons. The van der Waals surface area contributed by atoms with E-state index in [0.29, 0.717) is 19.5 Å². The van der Waals surface area contributed by atoms with Crippen molar-refractivity contribution in [3.05, 3.63) is 71.3 Å². The highest BCUT2D eigenvalue weighted by Crippen LogP contribution is 2.19. The molecule has 28 heavy (non-hydrogen) atoms. The predicted octanol–water partition coefficient (Wildman–Crippen LogP) is 2.99. The summed E-state index contributed by atoms with van der Waals surface area (Å²) in [5.41, 5.74) is 3.55. The minimum Gasteiger partial charge on any atom is -0.341 e. The molecule has 0 bridgehead atoms. The molecule has 1 atom stereocenters. The lowest BCUT2D eigenvalue weighted by molar-refractivity contribution is -0.132. The highest BCUT2D eigenvalue weighted by atomic mass is 16.2. The van der Waals surface area contributed by atoms with Crippen LogP contribution in [0.2, 0.25) is 0 Å². The fourth-order valence-electron chi connectivity index (χ4n) is 4.12. The number of carbonyl (C=O) groups is 2. The van der Waals surface area contributed by atoms with Crippen LogP contribution in [-0.4, -0.2) is 47.4 Å². The molecule has 5 nitrogen and oxygen atoms in total. The van der Waals surface area contributed by atoms with Gasteiger partial charge in [-0.05, 0) is 36.0 Å². The topological polar surface area (TPSA) is 52.7 Å². The highest BCUT2D eigenvalue weighted by molar-refractivity contribution is 5.87. The zero-order valence-corrected chi connectivity index (χ0v) is 16.1. The van der Waals surface area contributed by atoms with E-state index in [2.05, 4.69) is 17.4 Å². The average molecular weight is 377 g/mol. The molecule has 0 unspecified atom stereocenters. The molecule has 4 rings (SSSR count). The van der Waals surface area contributed by atoms with Gasteiger partial charge in [0.1, 0.15) is 6.04 Å². The van der Waals surface area contributed by atoms with Crippen molar-refractivity contribution in [1.82, 2.24) is 15.1 Å². The van der Waals surface area contributed by atoms with Crippen LogP contribution in [0.5, 0.6) is 0 Å². The number of nitrogens with one attached hydrogen (secondary N) is 1. The van der Waals surface area contributed by atoms with Crippen LogP contribution in [-0.2, 0) is 24.2 Å². The smallest absolute Gasteiger partial charge is 0.318 e. The van der Waals surface area contributed by atoms with E-state index >= 15 is 0 Å². The fourth-order valence-corrected chi connectivity index (χ4v) is 4.12. The quantitative estimate of drug-likeness (QED) is 0.891. The van der Waals surface area contributed by atoms with Crippen molar-refractivity contribution in [3.63, 3.8) is 0 Å². The molecule has 2 aromatic carbocycles. The fraction of sp³-hybridized carbons (Fsp3) is 0.391. The Kier molecular flexibility index (Phi) is 5.60. The maximum Gasteiger partial charge on any atom is 0.318 e. The lowest BCUT2D eigenvalue weighted by atomic mass is 10.00. The van der Waals surface area contributed by atoms with Gasteiger partial charge >= 0.3 is 6.03 Å². The van der Waals surface area contributed by atoms with E-state index in [1.54, 1.807) is 0 Å². The summed E-state index contributed by atoms with van der Waals surface area (Å²) in [7, 11) is 0. The van der Waals surface area contributed by atoms with Crippen molar-refractivity contribution in [3.8, 4) is 0 Å². The molecule has 1 N–H and O–H groups in total. The molecule has 5 heteroatoms. The molecule has 0 aliphatic carbocycles. The van der Waals surface area contributed by atoms with E-state index < -0.39 is 6.04 Å². The SMILES string of the molecule is O=C(N[C@H](Cc1ccccc1)C(=O)N1CCCC1)N1CCc2ccccc2C1. The third kappa shape index (κ3) is 4.19. The first-order chi connectivity index (χ1) is 13.7. The molecule has 1 saturated heterocycles. The Morgan fingerprint density at radius 3 is 2.29 bits per heavy atom. The van der Waals surface area contributed by atoms with Gasteiger partial charge in [-0.25, -0.2) is 4.79 Å². The van der Waals surface area contributed by atoms with Crippen molar-refractivity contribution in [2.24, 2.45) is 0 Å². The first-order valence-electron chi connectivity index (χ1n) is 10.2. The second kappa shape index (κ2) is 8.46. The normalized spacial score (nSPS) is 17.1. The van der Waals surface area contributed by atoms with Crippen molar-refractivity contribution < 1.29 is 9.59 Å².